The van der Waals surface area contributed by atoms with E-state index in [1.807, 2.05) is 18.2 Å². The van der Waals surface area contributed by atoms with Crippen molar-refractivity contribution in [2.45, 2.75) is 38.1 Å². The van der Waals surface area contributed by atoms with Crippen molar-refractivity contribution in [2.24, 2.45) is 11.7 Å². The summed E-state index contributed by atoms with van der Waals surface area (Å²) in [6.07, 6.45) is 5.74. The van der Waals surface area contributed by atoms with Crippen molar-refractivity contribution in [3.05, 3.63) is 33.8 Å². The first kappa shape index (κ1) is 12.2. The standard InChI is InChI=1S/C13H17Cl2N/c14-11-3-6-13(15)10(8-11)7-9-1-4-12(16)5-2-9/h3,6,8-9,12H,1-2,4-5,7,16H2. The van der Waals surface area contributed by atoms with E-state index < -0.39 is 0 Å². The zero-order valence-corrected chi connectivity index (χ0v) is 10.8. The molecule has 0 radical (unpaired) electrons. The first-order valence-corrected chi connectivity index (χ1v) is 6.60. The maximum Gasteiger partial charge on any atom is 0.0439 e. The van der Waals surface area contributed by atoms with E-state index in [0.29, 0.717) is 6.04 Å². The molecule has 0 heterocycles. The molecule has 0 atom stereocenters. The third kappa shape index (κ3) is 3.13. The maximum absolute atomic E-state index is 6.16. The van der Waals surface area contributed by atoms with Crippen molar-refractivity contribution in [2.75, 3.05) is 0 Å². The molecule has 3 heteroatoms. The second kappa shape index (κ2) is 5.39. The molecule has 1 fully saturated rings. The van der Waals surface area contributed by atoms with Crippen LogP contribution in [0.5, 0.6) is 0 Å². The van der Waals surface area contributed by atoms with Gasteiger partial charge in [-0.2, -0.15) is 0 Å². The lowest BCUT2D eigenvalue weighted by Gasteiger charge is -2.26. The summed E-state index contributed by atoms with van der Waals surface area (Å²) in [4.78, 5) is 0. The van der Waals surface area contributed by atoms with Gasteiger partial charge in [0, 0.05) is 16.1 Å². The van der Waals surface area contributed by atoms with Crippen molar-refractivity contribution < 1.29 is 0 Å². The minimum absolute atomic E-state index is 0.408. The zero-order chi connectivity index (χ0) is 11.5. The van der Waals surface area contributed by atoms with Crippen LogP contribution in [0.1, 0.15) is 31.2 Å². The molecule has 88 valence electrons. The Hall–Kier alpha value is -0.240. The van der Waals surface area contributed by atoms with Crippen LogP contribution in [0.25, 0.3) is 0 Å². The molecule has 1 nitrogen and oxygen atoms in total. The average Bonchev–Trinajstić information content (AvgIpc) is 2.27. The van der Waals surface area contributed by atoms with Crippen LogP contribution in [-0.4, -0.2) is 6.04 Å². The molecule has 0 unspecified atom stereocenters. The summed E-state index contributed by atoms with van der Waals surface area (Å²) in [5, 5.41) is 1.60. The molecule has 0 aliphatic heterocycles. The Bertz CT molecular complexity index is 357. The van der Waals surface area contributed by atoms with Crippen LogP contribution in [0, 0.1) is 5.92 Å². The predicted octanol–water partition coefficient (Wildman–Crippen LogP) is 4.05. The SMILES string of the molecule is NC1CCC(Cc2cc(Cl)ccc2Cl)CC1. The van der Waals surface area contributed by atoms with Crippen molar-refractivity contribution in [3.63, 3.8) is 0 Å². The second-order valence-corrected chi connectivity index (χ2v) is 5.56. The number of hydrogen-bond acceptors (Lipinski definition) is 1. The van der Waals surface area contributed by atoms with Gasteiger partial charge in [-0.05, 0) is 61.8 Å². The summed E-state index contributed by atoms with van der Waals surface area (Å²) >= 11 is 12.1. The minimum atomic E-state index is 0.408. The summed E-state index contributed by atoms with van der Waals surface area (Å²) in [7, 11) is 0. The van der Waals surface area contributed by atoms with E-state index in [9.17, 15) is 0 Å². The van der Waals surface area contributed by atoms with Crippen LogP contribution < -0.4 is 5.73 Å². The third-order valence-corrected chi connectivity index (χ3v) is 4.01. The molecule has 2 N–H and O–H groups in total. The quantitative estimate of drug-likeness (QED) is 0.850. The Morgan fingerprint density at radius 3 is 2.50 bits per heavy atom. The molecule has 0 aromatic heterocycles. The Morgan fingerprint density at radius 1 is 1.12 bits per heavy atom. The summed E-state index contributed by atoms with van der Waals surface area (Å²) in [6, 6.07) is 6.11. The minimum Gasteiger partial charge on any atom is -0.328 e. The van der Waals surface area contributed by atoms with Crippen molar-refractivity contribution in [3.8, 4) is 0 Å². The Labute approximate surface area is 107 Å². The lowest BCUT2D eigenvalue weighted by Crippen LogP contribution is -2.27. The molecule has 16 heavy (non-hydrogen) atoms. The number of benzene rings is 1. The molecule has 1 aromatic carbocycles. The molecule has 1 aliphatic rings. The first-order valence-electron chi connectivity index (χ1n) is 5.84. The lowest BCUT2D eigenvalue weighted by atomic mass is 9.83. The van der Waals surface area contributed by atoms with Gasteiger partial charge in [-0.3, -0.25) is 0 Å². The van der Waals surface area contributed by atoms with Gasteiger partial charge in [-0.15, -0.1) is 0 Å². The molecular weight excluding hydrogens is 241 g/mol. The van der Waals surface area contributed by atoms with Gasteiger partial charge in [-0.1, -0.05) is 23.2 Å². The molecule has 1 aromatic rings. The highest BCUT2D eigenvalue weighted by Gasteiger charge is 2.19. The van der Waals surface area contributed by atoms with Gasteiger partial charge in [0.25, 0.3) is 0 Å². The normalized spacial score (nSPS) is 25.7. The van der Waals surface area contributed by atoms with E-state index in [4.69, 9.17) is 28.9 Å². The van der Waals surface area contributed by atoms with E-state index in [2.05, 4.69) is 0 Å². The van der Waals surface area contributed by atoms with Crippen molar-refractivity contribution >= 4 is 23.2 Å². The molecular formula is C13H17Cl2N. The molecule has 0 spiro atoms. The largest absolute Gasteiger partial charge is 0.328 e. The smallest absolute Gasteiger partial charge is 0.0439 e. The summed E-state index contributed by atoms with van der Waals surface area (Å²) < 4.78 is 0. The van der Waals surface area contributed by atoms with Gasteiger partial charge in [0.1, 0.15) is 0 Å². The van der Waals surface area contributed by atoms with E-state index in [-0.39, 0.29) is 0 Å². The van der Waals surface area contributed by atoms with E-state index in [1.54, 1.807) is 0 Å². The van der Waals surface area contributed by atoms with Gasteiger partial charge >= 0.3 is 0 Å². The van der Waals surface area contributed by atoms with Crippen LogP contribution in [0.2, 0.25) is 10.0 Å². The fourth-order valence-electron chi connectivity index (χ4n) is 2.40. The van der Waals surface area contributed by atoms with E-state index in [1.165, 1.54) is 18.4 Å². The number of halogens is 2. The van der Waals surface area contributed by atoms with Crippen molar-refractivity contribution in [1.82, 2.24) is 0 Å². The summed E-state index contributed by atoms with van der Waals surface area (Å²) in [6.45, 7) is 0. The van der Waals surface area contributed by atoms with Gasteiger partial charge in [-0.25, -0.2) is 0 Å². The lowest BCUT2D eigenvalue weighted by molar-refractivity contribution is 0.325. The van der Waals surface area contributed by atoms with Crippen LogP contribution in [-0.2, 0) is 6.42 Å². The highest BCUT2D eigenvalue weighted by molar-refractivity contribution is 6.33. The zero-order valence-electron chi connectivity index (χ0n) is 9.26. The van der Waals surface area contributed by atoms with Gasteiger partial charge in [0.15, 0.2) is 0 Å². The van der Waals surface area contributed by atoms with Gasteiger partial charge in [0.2, 0.25) is 0 Å². The van der Waals surface area contributed by atoms with Crippen LogP contribution in [0.15, 0.2) is 18.2 Å². The topological polar surface area (TPSA) is 26.0 Å². The fraction of sp³-hybridized carbons (Fsp3) is 0.538. The summed E-state index contributed by atoms with van der Waals surface area (Å²) in [5.41, 5.74) is 7.07. The number of rotatable bonds is 2. The molecule has 0 amide bonds. The molecule has 0 saturated heterocycles. The monoisotopic (exact) mass is 257 g/mol. The first-order chi connectivity index (χ1) is 7.65. The molecule has 0 bridgehead atoms. The molecule has 1 aliphatic carbocycles. The maximum atomic E-state index is 6.16. The fourth-order valence-corrected chi connectivity index (χ4v) is 2.79. The summed E-state index contributed by atoms with van der Waals surface area (Å²) in [5.74, 6) is 0.718. The third-order valence-electron chi connectivity index (χ3n) is 3.41. The van der Waals surface area contributed by atoms with Gasteiger partial charge in [0.05, 0.1) is 0 Å². The predicted molar refractivity (Wildman–Crippen MR) is 70.1 cm³/mol. The van der Waals surface area contributed by atoms with Crippen molar-refractivity contribution in [1.29, 1.82) is 0 Å². The van der Waals surface area contributed by atoms with E-state index in [0.717, 1.165) is 35.2 Å². The Balaban J connectivity index is 2.00. The van der Waals surface area contributed by atoms with Gasteiger partial charge < -0.3 is 5.73 Å². The van der Waals surface area contributed by atoms with Crippen LogP contribution in [0.4, 0.5) is 0 Å². The van der Waals surface area contributed by atoms with Crippen LogP contribution >= 0.6 is 23.2 Å². The molecule has 2 rings (SSSR count). The Kier molecular flexibility index (Phi) is 4.12. The number of hydrogen-bond donors (Lipinski definition) is 1. The highest BCUT2D eigenvalue weighted by atomic mass is 35.5. The molecule has 1 saturated carbocycles. The van der Waals surface area contributed by atoms with E-state index >= 15 is 0 Å². The van der Waals surface area contributed by atoms with Crippen LogP contribution in [0.3, 0.4) is 0 Å². The second-order valence-electron chi connectivity index (χ2n) is 4.72. The highest BCUT2D eigenvalue weighted by Crippen LogP contribution is 2.30. The average molecular weight is 258 g/mol. The number of nitrogens with two attached hydrogens (primary N) is 1. The Morgan fingerprint density at radius 2 is 1.81 bits per heavy atom.